The summed E-state index contributed by atoms with van der Waals surface area (Å²) in [6.07, 6.45) is 0. The van der Waals surface area contributed by atoms with Gasteiger partial charge in [0.1, 0.15) is 5.75 Å². The Morgan fingerprint density at radius 1 is 0.929 bits per heavy atom. The SMILES string of the molecule is Cc1ccc(O)c(C)c1C.OP(O)O. The van der Waals surface area contributed by atoms with Gasteiger partial charge >= 0.3 is 8.60 Å². The van der Waals surface area contributed by atoms with Gasteiger partial charge in [0.15, 0.2) is 0 Å². The molecule has 0 aliphatic rings. The van der Waals surface area contributed by atoms with Gasteiger partial charge in [-0.3, -0.25) is 0 Å². The van der Waals surface area contributed by atoms with Gasteiger partial charge in [0.2, 0.25) is 0 Å². The van der Waals surface area contributed by atoms with Crippen molar-refractivity contribution in [3.63, 3.8) is 0 Å². The summed E-state index contributed by atoms with van der Waals surface area (Å²) in [6.45, 7) is 5.99. The number of hydrogen-bond donors (Lipinski definition) is 4. The van der Waals surface area contributed by atoms with Crippen LogP contribution in [0.5, 0.6) is 5.75 Å². The van der Waals surface area contributed by atoms with Gasteiger partial charge in [-0.15, -0.1) is 0 Å². The number of aryl methyl sites for hydroxylation is 1. The second kappa shape index (κ2) is 5.94. The number of phenolic OH excluding ortho intramolecular Hbond substituents is 1. The molecule has 1 aromatic carbocycles. The lowest BCUT2D eigenvalue weighted by molar-refractivity contribution is 0.368. The first-order chi connectivity index (χ1) is 6.36. The minimum atomic E-state index is -2.62. The van der Waals surface area contributed by atoms with Crippen molar-refractivity contribution in [2.45, 2.75) is 20.8 Å². The summed E-state index contributed by atoms with van der Waals surface area (Å²) in [5, 5.41) is 9.22. The van der Waals surface area contributed by atoms with Crippen molar-refractivity contribution in [3.05, 3.63) is 28.8 Å². The van der Waals surface area contributed by atoms with E-state index in [-0.39, 0.29) is 0 Å². The van der Waals surface area contributed by atoms with Gasteiger partial charge in [0, 0.05) is 0 Å². The highest BCUT2D eigenvalue weighted by molar-refractivity contribution is 7.38. The lowest BCUT2D eigenvalue weighted by Crippen LogP contribution is -1.85. The van der Waals surface area contributed by atoms with Crippen LogP contribution in [-0.4, -0.2) is 19.8 Å². The molecule has 0 aromatic heterocycles. The Balaban J connectivity index is 0.000000364. The van der Waals surface area contributed by atoms with Gasteiger partial charge < -0.3 is 19.8 Å². The van der Waals surface area contributed by atoms with E-state index in [9.17, 15) is 5.11 Å². The van der Waals surface area contributed by atoms with Gasteiger partial charge in [-0.05, 0) is 43.5 Å². The zero-order valence-corrected chi connectivity index (χ0v) is 9.29. The first-order valence-corrected chi connectivity index (χ1v) is 5.18. The van der Waals surface area contributed by atoms with Crippen LogP contribution in [0.3, 0.4) is 0 Å². The molecule has 1 aromatic rings. The average Bonchev–Trinajstić information content (AvgIpc) is 2.07. The lowest BCUT2D eigenvalue weighted by atomic mass is 10.0. The van der Waals surface area contributed by atoms with Crippen molar-refractivity contribution < 1.29 is 19.8 Å². The van der Waals surface area contributed by atoms with E-state index in [1.54, 1.807) is 6.07 Å². The standard InChI is InChI=1S/C9H12O.H3O3P/c1-6-4-5-9(10)8(3)7(6)2;1-4(2)3/h4-5,10H,1-3H3;1-3H. The molecular weight excluding hydrogens is 203 g/mol. The average molecular weight is 218 g/mol. The van der Waals surface area contributed by atoms with Crippen LogP contribution in [0.1, 0.15) is 16.7 Å². The van der Waals surface area contributed by atoms with E-state index in [1.165, 1.54) is 11.1 Å². The van der Waals surface area contributed by atoms with E-state index in [4.69, 9.17) is 14.7 Å². The van der Waals surface area contributed by atoms with Gasteiger partial charge in [0.05, 0.1) is 0 Å². The second-order valence-electron chi connectivity index (χ2n) is 2.92. The van der Waals surface area contributed by atoms with E-state index in [0.717, 1.165) is 5.56 Å². The molecule has 0 unspecified atom stereocenters. The molecule has 14 heavy (non-hydrogen) atoms. The van der Waals surface area contributed by atoms with Crippen LogP contribution in [0.4, 0.5) is 0 Å². The molecule has 0 saturated carbocycles. The van der Waals surface area contributed by atoms with Crippen molar-refractivity contribution in [2.24, 2.45) is 0 Å². The summed E-state index contributed by atoms with van der Waals surface area (Å²) in [6, 6.07) is 3.66. The summed E-state index contributed by atoms with van der Waals surface area (Å²) in [5.74, 6) is 0.392. The van der Waals surface area contributed by atoms with Gasteiger partial charge in [-0.2, -0.15) is 0 Å². The maximum Gasteiger partial charge on any atom is 0.324 e. The Kier molecular flexibility index (Phi) is 5.65. The summed E-state index contributed by atoms with van der Waals surface area (Å²) >= 11 is 0. The normalized spacial score (nSPS) is 9.64. The zero-order chi connectivity index (χ0) is 11.3. The van der Waals surface area contributed by atoms with Crippen LogP contribution in [0.25, 0.3) is 0 Å². The molecule has 4 nitrogen and oxygen atoms in total. The van der Waals surface area contributed by atoms with Crippen molar-refractivity contribution in [2.75, 3.05) is 0 Å². The zero-order valence-electron chi connectivity index (χ0n) is 8.39. The fourth-order valence-electron chi connectivity index (χ4n) is 0.942. The first-order valence-electron chi connectivity index (χ1n) is 3.98. The third kappa shape index (κ3) is 4.53. The molecule has 0 heterocycles. The molecule has 0 aliphatic carbocycles. The number of rotatable bonds is 0. The Labute approximate surface area is 84.5 Å². The summed E-state index contributed by atoms with van der Waals surface area (Å²) in [4.78, 5) is 21.7. The largest absolute Gasteiger partial charge is 0.508 e. The molecule has 5 heteroatoms. The van der Waals surface area contributed by atoms with E-state index < -0.39 is 8.60 Å². The number of benzene rings is 1. The molecule has 0 saturated heterocycles. The Bertz CT molecular complexity index is 269. The van der Waals surface area contributed by atoms with Crippen molar-refractivity contribution in [1.82, 2.24) is 0 Å². The Hall–Kier alpha value is -0.670. The Morgan fingerprint density at radius 2 is 1.36 bits per heavy atom. The summed E-state index contributed by atoms with van der Waals surface area (Å²) in [7, 11) is -2.62. The molecule has 0 aliphatic heterocycles. The second-order valence-corrected chi connectivity index (χ2v) is 3.46. The van der Waals surface area contributed by atoms with Gasteiger partial charge in [-0.25, -0.2) is 0 Å². The fraction of sp³-hybridized carbons (Fsp3) is 0.333. The van der Waals surface area contributed by atoms with Gasteiger partial charge in [-0.1, -0.05) is 6.07 Å². The van der Waals surface area contributed by atoms with E-state index in [0.29, 0.717) is 5.75 Å². The third-order valence-electron chi connectivity index (χ3n) is 2.03. The molecule has 0 amide bonds. The molecule has 0 atom stereocenters. The first kappa shape index (κ1) is 13.3. The molecule has 0 fully saturated rings. The summed E-state index contributed by atoms with van der Waals surface area (Å²) < 4.78 is 0. The smallest absolute Gasteiger partial charge is 0.324 e. The van der Waals surface area contributed by atoms with Crippen molar-refractivity contribution in [1.29, 1.82) is 0 Å². The lowest BCUT2D eigenvalue weighted by Gasteiger charge is -2.04. The molecule has 0 radical (unpaired) electrons. The maximum absolute atomic E-state index is 9.22. The third-order valence-corrected chi connectivity index (χ3v) is 2.03. The monoisotopic (exact) mass is 218 g/mol. The van der Waals surface area contributed by atoms with Crippen LogP contribution in [0.15, 0.2) is 12.1 Å². The van der Waals surface area contributed by atoms with Crippen LogP contribution >= 0.6 is 8.60 Å². The quantitative estimate of drug-likeness (QED) is 0.497. The van der Waals surface area contributed by atoms with E-state index in [2.05, 4.69) is 0 Å². The van der Waals surface area contributed by atoms with Crippen LogP contribution in [0, 0.1) is 20.8 Å². The molecule has 80 valence electrons. The number of aromatic hydroxyl groups is 1. The highest BCUT2D eigenvalue weighted by Gasteiger charge is 1.99. The van der Waals surface area contributed by atoms with Crippen molar-refractivity contribution in [3.8, 4) is 5.75 Å². The van der Waals surface area contributed by atoms with Gasteiger partial charge in [0.25, 0.3) is 0 Å². The topological polar surface area (TPSA) is 80.9 Å². The molecule has 1 rings (SSSR count). The van der Waals surface area contributed by atoms with E-state index >= 15 is 0 Å². The Morgan fingerprint density at radius 3 is 1.71 bits per heavy atom. The molecule has 0 bridgehead atoms. The highest BCUT2D eigenvalue weighted by atomic mass is 31.2. The minimum Gasteiger partial charge on any atom is -0.508 e. The number of hydrogen-bond acceptors (Lipinski definition) is 4. The van der Waals surface area contributed by atoms with E-state index in [1.807, 2.05) is 26.8 Å². The summed E-state index contributed by atoms with van der Waals surface area (Å²) in [5.41, 5.74) is 3.40. The number of phenols is 1. The van der Waals surface area contributed by atoms with Crippen LogP contribution in [0.2, 0.25) is 0 Å². The molecular formula is C9H15O4P. The predicted molar refractivity (Wildman–Crippen MR) is 55.9 cm³/mol. The predicted octanol–water partition coefficient (Wildman–Crippen LogP) is 1.51. The molecule has 0 spiro atoms. The van der Waals surface area contributed by atoms with Crippen LogP contribution < -0.4 is 0 Å². The maximum atomic E-state index is 9.22. The fourth-order valence-corrected chi connectivity index (χ4v) is 0.942. The van der Waals surface area contributed by atoms with Crippen molar-refractivity contribution >= 4 is 8.60 Å². The van der Waals surface area contributed by atoms with Crippen LogP contribution in [-0.2, 0) is 0 Å². The highest BCUT2D eigenvalue weighted by Crippen LogP contribution is 2.21. The molecule has 4 N–H and O–H groups in total. The minimum absolute atomic E-state index is 0.392.